The fourth-order valence-electron chi connectivity index (χ4n) is 3.73. The molecule has 36 heavy (non-hydrogen) atoms. The van der Waals surface area contributed by atoms with Crippen molar-refractivity contribution in [2.45, 2.75) is 6.61 Å². The Balaban J connectivity index is 1.47. The third-order valence-electron chi connectivity index (χ3n) is 5.53. The largest absolute Gasteiger partial charge is 0.493 e. The van der Waals surface area contributed by atoms with Crippen LogP contribution in [0.1, 0.15) is 21.5 Å². The summed E-state index contributed by atoms with van der Waals surface area (Å²) in [5.41, 5.74) is 4.69. The summed E-state index contributed by atoms with van der Waals surface area (Å²) in [5.74, 6) is 1.74. The summed E-state index contributed by atoms with van der Waals surface area (Å²) in [6.45, 7) is 0.380. The monoisotopic (exact) mass is 548 g/mol. The lowest BCUT2D eigenvalue weighted by molar-refractivity contribution is 0.0954. The van der Waals surface area contributed by atoms with Crippen LogP contribution in [-0.4, -0.2) is 33.5 Å². The molecule has 0 radical (unpaired) electrons. The first-order valence-electron chi connectivity index (χ1n) is 11.1. The molecule has 1 N–H and O–H groups in total. The van der Waals surface area contributed by atoms with E-state index >= 15 is 0 Å². The molecule has 0 spiro atoms. The van der Waals surface area contributed by atoms with Crippen molar-refractivity contribution in [3.05, 3.63) is 94.0 Å². The second-order valence-corrected chi connectivity index (χ2v) is 8.58. The van der Waals surface area contributed by atoms with E-state index in [1.54, 1.807) is 31.4 Å². The lowest BCUT2D eigenvalue weighted by Crippen LogP contribution is -2.17. The third-order valence-corrected chi connectivity index (χ3v) is 6.12. The summed E-state index contributed by atoms with van der Waals surface area (Å²) >= 11 is 3.57. The number of nitrogens with zero attached hydrogens (tertiary/aromatic N) is 1. The van der Waals surface area contributed by atoms with Gasteiger partial charge in [0.25, 0.3) is 5.91 Å². The van der Waals surface area contributed by atoms with Crippen molar-refractivity contribution in [1.82, 2.24) is 5.43 Å². The zero-order valence-corrected chi connectivity index (χ0v) is 21.7. The van der Waals surface area contributed by atoms with Gasteiger partial charge in [0, 0.05) is 5.56 Å². The highest BCUT2D eigenvalue weighted by Gasteiger charge is 2.13. The Morgan fingerprint density at radius 3 is 2.42 bits per heavy atom. The summed E-state index contributed by atoms with van der Waals surface area (Å²) < 4.78 is 22.8. The molecule has 184 valence electrons. The SMILES string of the molecule is COc1ccc(C(=O)N/N=C/c2cc(Br)c(OCc3cccc4ccccc34)c(OC)c2)cc1OC. The number of hydrazone groups is 1. The minimum Gasteiger partial charge on any atom is -0.493 e. The number of halogens is 1. The molecule has 0 aromatic heterocycles. The van der Waals surface area contributed by atoms with Gasteiger partial charge in [0.1, 0.15) is 6.61 Å². The van der Waals surface area contributed by atoms with Crippen LogP contribution in [0.3, 0.4) is 0 Å². The first kappa shape index (κ1) is 25.1. The molecule has 7 nitrogen and oxygen atoms in total. The van der Waals surface area contributed by atoms with Crippen molar-refractivity contribution in [2.24, 2.45) is 5.10 Å². The Morgan fingerprint density at radius 1 is 0.889 bits per heavy atom. The lowest BCUT2D eigenvalue weighted by atomic mass is 10.1. The van der Waals surface area contributed by atoms with Gasteiger partial charge in [-0.15, -0.1) is 0 Å². The number of hydrogen-bond donors (Lipinski definition) is 1. The molecule has 1 amide bonds. The van der Waals surface area contributed by atoms with Crippen LogP contribution in [0.15, 0.2) is 82.4 Å². The molecule has 0 saturated heterocycles. The van der Waals surface area contributed by atoms with Gasteiger partial charge in [-0.3, -0.25) is 4.79 Å². The van der Waals surface area contributed by atoms with Crippen LogP contribution < -0.4 is 24.4 Å². The fourth-order valence-corrected chi connectivity index (χ4v) is 4.30. The molecule has 0 bridgehead atoms. The van der Waals surface area contributed by atoms with Crippen molar-refractivity contribution in [3.63, 3.8) is 0 Å². The smallest absolute Gasteiger partial charge is 0.271 e. The van der Waals surface area contributed by atoms with Crippen molar-refractivity contribution in [1.29, 1.82) is 0 Å². The van der Waals surface area contributed by atoms with E-state index in [-0.39, 0.29) is 5.91 Å². The van der Waals surface area contributed by atoms with Crippen LogP contribution in [0.2, 0.25) is 0 Å². The Bertz CT molecular complexity index is 1420. The molecule has 4 aromatic rings. The van der Waals surface area contributed by atoms with Crippen LogP contribution in [0.4, 0.5) is 0 Å². The average molecular weight is 549 g/mol. The van der Waals surface area contributed by atoms with Crippen LogP contribution >= 0.6 is 15.9 Å². The summed E-state index contributed by atoms with van der Waals surface area (Å²) in [5, 5.41) is 6.38. The molecule has 0 fully saturated rings. The second-order valence-electron chi connectivity index (χ2n) is 7.73. The summed E-state index contributed by atoms with van der Waals surface area (Å²) in [4.78, 5) is 12.5. The van der Waals surface area contributed by atoms with E-state index in [1.807, 2.05) is 30.3 Å². The number of amides is 1. The van der Waals surface area contributed by atoms with Gasteiger partial charge in [0.05, 0.1) is 32.0 Å². The number of nitrogens with one attached hydrogen (secondary N) is 1. The predicted octanol–water partition coefficient (Wildman–Crippen LogP) is 5.97. The number of rotatable bonds is 9. The highest BCUT2D eigenvalue weighted by molar-refractivity contribution is 9.10. The molecule has 0 aliphatic heterocycles. The van der Waals surface area contributed by atoms with Crippen molar-refractivity contribution in [2.75, 3.05) is 21.3 Å². The summed E-state index contributed by atoms with van der Waals surface area (Å²) in [6.07, 6.45) is 1.53. The normalized spacial score (nSPS) is 10.9. The molecule has 4 aromatic carbocycles. The standard InChI is InChI=1S/C28H25BrN2O5/c1-33-24-12-11-20(15-25(24)34-2)28(32)31-30-16-18-13-23(29)27(26(14-18)35-3)36-17-21-9-6-8-19-7-4-5-10-22(19)21/h4-16H,17H2,1-3H3,(H,31,32)/b30-16+. The molecule has 0 aliphatic carbocycles. The number of hydrogen-bond acceptors (Lipinski definition) is 6. The molecule has 8 heteroatoms. The van der Waals surface area contributed by atoms with Crippen LogP contribution in [0, 0.1) is 0 Å². The van der Waals surface area contributed by atoms with Gasteiger partial charge in [0.15, 0.2) is 23.0 Å². The zero-order valence-electron chi connectivity index (χ0n) is 20.1. The first-order chi connectivity index (χ1) is 17.5. The Labute approximate surface area is 217 Å². The molecule has 0 atom stereocenters. The van der Waals surface area contributed by atoms with Gasteiger partial charge in [-0.25, -0.2) is 5.43 Å². The quantitative estimate of drug-likeness (QED) is 0.206. The average Bonchev–Trinajstić information content (AvgIpc) is 2.91. The number of benzene rings is 4. The van der Waals surface area contributed by atoms with Crippen LogP contribution in [0.25, 0.3) is 10.8 Å². The third kappa shape index (κ3) is 5.60. The molecule has 4 rings (SSSR count). The van der Waals surface area contributed by atoms with E-state index in [0.717, 1.165) is 16.3 Å². The number of carbonyl (C=O) groups is 1. The summed E-state index contributed by atoms with van der Waals surface area (Å²) in [7, 11) is 4.62. The van der Waals surface area contributed by atoms with Gasteiger partial charge in [-0.2, -0.15) is 5.10 Å². The minimum absolute atomic E-state index is 0.380. The Hall–Kier alpha value is -4.04. The van der Waals surface area contributed by atoms with Crippen molar-refractivity contribution in [3.8, 4) is 23.0 Å². The van der Waals surface area contributed by atoms with E-state index in [1.165, 1.54) is 20.4 Å². The van der Waals surface area contributed by atoms with Gasteiger partial charge in [0.2, 0.25) is 0 Å². The topological polar surface area (TPSA) is 78.4 Å². The van der Waals surface area contributed by atoms with Gasteiger partial charge >= 0.3 is 0 Å². The molecule has 0 heterocycles. The maximum Gasteiger partial charge on any atom is 0.271 e. The van der Waals surface area contributed by atoms with E-state index in [0.29, 0.717) is 45.2 Å². The van der Waals surface area contributed by atoms with E-state index in [2.05, 4.69) is 44.7 Å². The molecule has 0 unspecified atom stereocenters. The molecule has 0 aliphatic rings. The Morgan fingerprint density at radius 2 is 1.64 bits per heavy atom. The lowest BCUT2D eigenvalue weighted by Gasteiger charge is -2.14. The summed E-state index contributed by atoms with van der Waals surface area (Å²) in [6, 6.07) is 22.8. The number of fused-ring (bicyclic) bond motifs is 1. The fraction of sp³-hybridized carbons (Fsp3) is 0.143. The number of methoxy groups -OCH3 is 3. The molecule has 0 saturated carbocycles. The van der Waals surface area contributed by atoms with Crippen molar-refractivity contribution < 1.29 is 23.7 Å². The molecular formula is C28H25BrN2O5. The highest BCUT2D eigenvalue weighted by atomic mass is 79.9. The van der Waals surface area contributed by atoms with Crippen LogP contribution in [0.5, 0.6) is 23.0 Å². The Kier molecular flexibility index (Phi) is 8.07. The maximum absolute atomic E-state index is 12.5. The van der Waals surface area contributed by atoms with Crippen molar-refractivity contribution >= 4 is 38.8 Å². The first-order valence-corrected chi connectivity index (χ1v) is 11.9. The number of ether oxygens (including phenoxy) is 4. The second kappa shape index (κ2) is 11.6. The maximum atomic E-state index is 12.5. The van der Waals surface area contributed by atoms with Gasteiger partial charge in [-0.05, 0) is 68.2 Å². The zero-order chi connectivity index (χ0) is 25.5. The predicted molar refractivity (Wildman–Crippen MR) is 144 cm³/mol. The van der Waals surface area contributed by atoms with Crippen LogP contribution in [-0.2, 0) is 6.61 Å². The minimum atomic E-state index is -0.381. The van der Waals surface area contributed by atoms with E-state index in [4.69, 9.17) is 18.9 Å². The van der Waals surface area contributed by atoms with Gasteiger partial charge in [-0.1, -0.05) is 42.5 Å². The van der Waals surface area contributed by atoms with Gasteiger partial charge < -0.3 is 18.9 Å². The van der Waals surface area contributed by atoms with E-state index < -0.39 is 0 Å². The highest BCUT2D eigenvalue weighted by Crippen LogP contribution is 2.37. The molecular weight excluding hydrogens is 524 g/mol. The van der Waals surface area contributed by atoms with E-state index in [9.17, 15) is 4.79 Å². The number of carbonyl (C=O) groups excluding carboxylic acids is 1.